The van der Waals surface area contributed by atoms with Gasteiger partial charge in [-0.25, -0.2) is 8.78 Å². The lowest BCUT2D eigenvalue weighted by atomic mass is 9.57. The van der Waals surface area contributed by atoms with E-state index in [1.165, 1.54) is 51.6 Å². The van der Waals surface area contributed by atoms with Crippen LogP contribution in [0.4, 0.5) is 8.78 Å². The van der Waals surface area contributed by atoms with Crippen LogP contribution in [0.15, 0.2) is 0 Å². The van der Waals surface area contributed by atoms with E-state index in [0.29, 0.717) is 43.6 Å². The zero-order valence-corrected chi connectivity index (χ0v) is 30.4. The Hall–Kier alpha value is -1.64. The lowest BCUT2D eigenvalue weighted by Gasteiger charge is -2.53. The Morgan fingerprint density at radius 1 is 0.875 bits per heavy atom. The molecule has 48 heavy (non-hydrogen) atoms. The van der Waals surface area contributed by atoms with Gasteiger partial charge in [0.1, 0.15) is 46.6 Å². The van der Waals surface area contributed by atoms with Crippen molar-refractivity contribution >= 4 is 47.4 Å². The summed E-state index contributed by atoms with van der Waals surface area (Å²) in [6, 6.07) is 0. The lowest BCUT2D eigenvalue weighted by molar-refractivity contribution is -0.158. The number of alkyl halides is 2. The monoisotopic (exact) mass is 720 g/mol. The van der Waals surface area contributed by atoms with Crippen LogP contribution in [-0.2, 0) is 38.1 Å². The van der Waals surface area contributed by atoms with Crippen molar-refractivity contribution in [1.82, 2.24) is 0 Å². The molecule has 14 atom stereocenters. The van der Waals surface area contributed by atoms with Gasteiger partial charge in [-0.15, -0.1) is 0 Å². The molecule has 0 amide bonds. The van der Waals surface area contributed by atoms with Gasteiger partial charge in [0.2, 0.25) is 0 Å². The van der Waals surface area contributed by atoms with Gasteiger partial charge in [0.25, 0.3) is 0 Å². The summed E-state index contributed by atoms with van der Waals surface area (Å²) < 4.78 is 51.0. The molecular weight excluding hydrogens is 670 g/mol. The van der Waals surface area contributed by atoms with Crippen molar-refractivity contribution in [3.05, 3.63) is 0 Å². The smallest absolute Gasteiger partial charge is 0.313 e. The lowest BCUT2D eigenvalue weighted by Crippen LogP contribution is -2.64. The molecule has 2 heterocycles. The number of hydrogen-bond donors (Lipinski definition) is 2. The second-order valence-electron chi connectivity index (χ2n) is 15.5. The van der Waals surface area contributed by atoms with Gasteiger partial charge in [-0.1, -0.05) is 20.8 Å². The van der Waals surface area contributed by atoms with E-state index in [4.69, 9.17) is 14.2 Å². The first kappa shape index (κ1) is 37.6. The van der Waals surface area contributed by atoms with E-state index in [-0.39, 0.29) is 36.6 Å². The topological polar surface area (TPSA) is 146 Å². The Labute approximate surface area is 289 Å². The van der Waals surface area contributed by atoms with E-state index in [1.54, 1.807) is 13.8 Å². The highest BCUT2D eigenvalue weighted by molar-refractivity contribution is 8.00. The average Bonchev–Trinajstić information content (AvgIpc) is 3.64. The van der Waals surface area contributed by atoms with Crippen molar-refractivity contribution in [3.8, 4) is 0 Å². The maximum absolute atomic E-state index is 15.5. The largest absolute Gasteiger partial charge is 0.469 e. The van der Waals surface area contributed by atoms with E-state index in [9.17, 15) is 29.4 Å². The zero-order valence-electron chi connectivity index (χ0n) is 28.8. The summed E-state index contributed by atoms with van der Waals surface area (Å²) in [6.07, 6.45) is 2.45. The molecule has 14 heteroatoms. The van der Waals surface area contributed by atoms with Gasteiger partial charge >= 0.3 is 23.9 Å². The highest BCUT2D eigenvalue weighted by Crippen LogP contribution is 2.66. The summed E-state index contributed by atoms with van der Waals surface area (Å²) >= 11 is 2.56. The second-order valence-corrected chi connectivity index (χ2v) is 17.9. The summed E-state index contributed by atoms with van der Waals surface area (Å²) in [5.41, 5.74) is -6.35. The number of thioether (sulfide) groups is 2. The molecule has 0 radical (unpaired) electrons. The number of halogens is 2. The van der Waals surface area contributed by atoms with Crippen molar-refractivity contribution in [2.24, 2.45) is 35.0 Å². The minimum atomic E-state index is -1.58. The molecule has 6 fully saturated rings. The van der Waals surface area contributed by atoms with Gasteiger partial charge in [0.15, 0.2) is 0 Å². The molecule has 2 aliphatic heterocycles. The zero-order chi connectivity index (χ0) is 35.6. The third kappa shape index (κ3) is 5.95. The van der Waals surface area contributed by atoms with Gasteiger partial charge in [-0.3, -0.25) is 19.2 Å². The normalized spacial score (nSPS) is 46.4. The summed E-state index contributed by atoms with van der Waals surface area (Å²) in [4.78, 5) is 47.8. The minimum Gasteiger partial charge on any atom is -0.469 e. The number of rotatable bonds is 9. The fraction of sp³-hybridized carbons (Fsp3) is 0.882. The molecule has 4 saturated carbocycles. The van der Waals surface area contributed by atoms with Crippen LogP contribution < -0.4 is 0 Å². The Kier molecular flexibility index (Phi) is 10.3. The van der Waals surface area contributed by atoms with Crippen molar-refractivity contribution < 1.29 is 57.1 Å². The van der Waals surface area contributed by atoms with Crippen molar-refractivity contribution in [2.45, 2.75) is 125 Å². The highest BCUT2D eigenvalue weighted by atomic mass is 32.2. The van der Waals surface area contributed by atoms with Crippen LogP contribution in [0.3, 0.4) is 0 Å². The molecule has 6 aliphatic rings. The Bertz CT molecular complexity index is 1300. The summed E-state index contributed by atoms with van der Waals surface area (Å²) in [5, 5.41) is 21.1. The number of aliphatic hydroxyl groups is 2. The number of hydrogen-bond acceptors (Lipinski definition) is 12. The van der Waals surface area contributed by atoms with Gasteiger partial charge in [0, 0.05) is 11.2 Å². The average molecular weight is 721 g/mol. The van der Waals surface area contributed by atoms with Crippen LogP contribution in [0, 0.1) is 35.0 Å². The Balaban J connectivity index is 0.000000188. The summed E-state index contributed by atoms with van der Waals surface area (Å²) in [5.74, 6) is -3.43. The van der Waals surface area contributed by atoms with Gasteiger partial charge in [-0.2, -0.15) is 23.5 Å². The number of esters is 4. The van der Waals surface area contributed by atoms with Gasteiger partial charge < -0.3 is 29.2 Å². The number of methoxy groups -OCH3 is 2. The molecule has 0 aromatic carbocycles. The molecule has 272 valence electrons. The highest BCUT2D eigenvalue weighted by Gasteiger charge is 2.76. The number of carbonyl (C=O) groups is 4. The first-order valence-corrected chi connectivity index (χ1v) is 19.0. The van der Waals surface area contributed by atoms with Crippen LogP contribution in [0.1, 0.15) is 79.6 Å². The van der Waals surface area contributed by atoms with Crippen LogP contribution in [0.5, 0.6) is 0 Å². The maximum Gasteiger partial charge on any atom is 0.313 e. The first-order chi connectivity index (χ1) is 22.3. The van der Waals surface area contributed by atoms with E-state index in [0.717, 1.165) is 0 Å². The third-order valence-electron chi connectivity index (χ3n) is 12.1. The fourth-order valence-corrected chi connectivity index (χ4v) is 12.9. The molecule has 0 spiro atoms. The Morgan fingerprint density at radius 3 is 2.10 bits per heavy atom. The van der Waals surface area contributed by atoms with Crippen LogP contribution in [0.2, 0.25) is 0 Å². The molecule has 2 N–H and O–H groups in total. The predicted octanol–water partition coefficient (Wildman–Crippen LogP) is 4.20. The fourth-order valence-electron chi connectivity index (χ4n) is 9.58. The van der Waals surface area contributed by atoms with Gasteiger partial charge in [0.05, 0.1) is 36.6 Å². The van der Waals surface area contributed by atoms with Crippen molar-refractivity contribution in [3.63, 3.8) is 0 Å². The summed E-state index contributed by atoms with van der Waals surface area (Å²) in [7, 11) is 2.66. The van der Waals surface area contributed by atoms with Crippen molar-refractivity contribution in [1.29, 1.82) is 0 Å². The first-order valence-electron chi connectivity index (χ1n) is 16.9. The van der Waals surface area contributed by atoms with E-state index in [1.807, 2.05) is 6.92 Å². The maximum atomic E-state index is 15.5. The molecule has 6 rings (SSSR count). The second kappa shape index (κ2) is 13.2. The van der Waals surface area contributed by atoms with E-state index >= 15 is 8.78 Å². The van der Waals surface area contributed by atoms with E-state index < -0.39 is 80.4 Å². The van der Waals surface area contributed by atoms with Crippen LogP contribution in [-0.4, -0.2) is 105 Å². The molecule has 0 aromatic heterocycles. The molecular formula is C34H50F2O10S2. The summed E-state index contributed by atoms with van der Waals surface area (Å²) in [6.45, 7) is 8.37. The Morgan fingerprint density at radius 2 is 1.46 bits per heavy atom. The standard InChI is InChI=1S/C18H27FO5S.C16H23FO5S/c1-10(14(20)23-4)6-8-25-13-12-15(21)24-11-5-7-16(2,18(11,12)22)9-17(13,3)19;1-8(13(18)21-3)7-23-12-11-14(19)22-10-5-4-9(16(10,11)20)6-15(12,2)17/h10-13,22H,5-9H2,1-4H3;8-12,20H,4-7H2,1-3H3/t10-,11+,12?,13-,16+,17-,18+;8-,9+,10+,11?,12-,15+,16+/m00/s1. The minimum absolute atomic E-state index is 0.213. The predicted molar refractivity (Wildman–Crippen MR) is 174 cm³/mol. The molecule has 10 nitrogen and oxygen atoms in total. The molecule has 2 saturated heterocycles. The molecule has 4 aliphatic carbocycles. The molecule has 0 aromatic rings. The van der Waals surface area contributed by atoms with Crippen LogP contribution in [0.25, 0.3) is 0 Å². The molecule has 0 bridgehead atoms. The van der Waals surface area contributed by atoms with Gasteiger partial charge in [-0.05, 0) is 70.5 Å². The number of ether oxygens (including phenoxy) is 4. The SMILES string of the molecule is COC(=O)[C@@H](C)CCS[C@H]1C2C(=O)O[C@@H]3CC[C@](C)(C[C@]1(C)F)[C@]23O.COC(=O)[C@@H](C)CS[C@H]1C2C(=O)O[C@@H]3CC[C@H](C[C@@]1(C)F)[C@]23O. The quantitative estimate of drug-likeness (QED) is 0.260. The molecule has 2 unspecified atom stereocenters. The van der Waals surface area contributed by atoms with Crippen LogP contribution >= 0.6 is 23.5 Å². The third-order valence-corrected chi connectivity index (χ3v) is 15.5. The number of carbonyl (C=O) groups excluding carboxylic acids is 4. The van der Waals surface area contributed by atoms with Crippen molar-refractivity contribution in [2.75, 3.05) is 25.7 Å². The van der Waals surface area contributed by atoms with E-state index in [2.05, 4.69) is 4.74 Å².